The van der Waals surface area contributed by atoms with Gasteiger partial charge in [0.05, 0.1) is 35.5 Å². The van der Waals surface area contributed by atoms with Gasteiger partial charge in [0.25, 0.3) is 23.6 Å². The molecular weight excluding hydrogens is 1440 g/mol. The van der Waals surface area contributed by atoms with E-state index in [9.17, 15) is 41.5 Å². The lowest BCUT2D eigenvalue weighted by molar-refractivity contribution is -0.133. The minimum absolute atomic E-state index is 0.0611. The molecule has 113 heavy (non-hydrogen) atoms. The third kappa shape index (κ3) is 18.8. The van der Waals surface area contributed by atoms with Gasteiger partial charge in [-0.05, 0) is 188 Å². The summed E-state index contributed by atoms with van der Waals surface area (Å²) < 4.78 is 59.5. The van der Waals surface area contributed by atoms with Gasteiger partial charge in [-0.25, -0.2) is 37.5 Å². The molecule has 4 aromatic heterocycles. The third-order valence-electron chi connectivity index (χ3n) is 19.4. The van der Waals surface area contributed by atoms with Crippen LogP contribution in [-0.2, 0) is 16.1 Å². The maximum Gasteiger partial charge on any atom is 0.257 e. The summed E-state index contributed by atoms with van der Waals surface area (Å²) in [5.41, 5.74) is 34.0. The minimum atomic E-state index is -0.325. The first kappa shape index (κ1) is 77.2. The van der Waals surface area contributed by atoms with E-state index in [1.165, 1.54) is 73.3 Å². The van der Waals surface area contributed by atoms with E-state index in [-0.39, 0.29) is 59.4 Å². The molecule has 5 amide bonds. The Kier molecular flexibility index (Phi) is 24.3. The second-order valence-corrected chi connectivity index (χ2v) is 27.0. The summed E-state index contributed by atoms with van der Waals surface area (Å²) in [7, 11) is 0. The van der Waals surface area contributed by atoms with Crippen LogP contribution in [0.3, 0.4) is 0 Å². The summed E-state index contributed by atoms with van der Waals surface area (Å²) in [5, 5.41) is 26.0. The zero-order valence-corrected chi connectivity index (χ0v) is 61.0. The van der Waals surface area contributed by atoms with Gasteiger partial charge in [0.1, 0.15) is 46.5 Å². The van der Waals surface area contributed by atoms with Gasteiger partial charge in [0.15, 0.2) is 0 Å². The molecule has 2 aliphatic heterocycles. The maximum atomic E-state index is 13.6. The standard InChI is InChI=1S/C23H23FN4O2.C23H18FN3O2.C22H16FN3O.C21H20FN3O2/c24-17-5-3-4-15(12-17)16-7-8-18-19(13-16)22(25)27-14-20(18)23(30)26-9-11-28-10-2-1-6-21(28)29;24-17-3-1-2-15(10-17)16-6-9-19-20(11-16)22(25)26-12-21(19)23(29)27-18-7-4-14(13-28)5-8-18;23-16-6-4-5-14(11-16)15-9-10-18-19(12-15)21(24)25-13-20(18)22(27)26-17-7-2-1-3-8-17;22-16-3-1-2-14(8-16)15-4-5-17-18(9-15)20(23)24-11-19(17)21(26)25-10-13-6-7-27-12-13/h3-5,7-8,12-14H,1-2,6,9-11H2,(H2,25,27)(H,26,30);1-12,28H,13H2,(H2,25,26)(H,27,29);1-13H,(H2,24,25)(H,26,27);1-5,8-9,11,13H,6-7,10,12H2,(H2,23,24)(H,25,26). The molecule has 1 atom stereocenters. The Hall–Kier alpha value is -14.0. The van der Waals surface area contributed by atoms with Crippen LogP contribution >= 0.6 is 0 Å². The van der Waals surface area contributed by atoms with Crippen molar-refractivity contribution in [1.82, 2.24) is 35.5 Å². The molecule has 568 valence electrons. The Balaban J connectivity index is 0.000000132. The predicted octanol–water partition coefficient (Wildman–Crippen LogP) is 16.0. The van der Waals surface area contributed by atoms with Crippen molar-refractivity contribution in [1.29, 1.82) is 0 Å². The van der Waals surface area contributed by atoms with E-state index in [4.69, 9.17) is 32.8 Å². The van der Waals surface area contributed by atoms with E-state index in [0.29, 0.717) is 139 Å². The Labute approximate surface area is 646 Å². The monoisotopic (exact) mass is 1520 g/mol. The molecule has 16 rings (SSSR count). The topological polar surface area (TPSA) is 322 Å². The van der Waals surface area contributed by atoms with Crippen LogP contribution in [-0.4, -0.2) is 98.9 Å². The van der Waals surface area contributed by atoms with Crippen molar-refractivity contribution >= 4 is 107 Å². The Bertz CT molecular complexity index is 5900. The van der Waals surface area contributed by atoms with Gasteiger partial charge in [-0.1, -0.05) is 127 Å². The van der Waals surface area contributed by atoms with Crippen LogP contribution in [0, 0.1) is 29.2 Å². The molecule has 6 heterocycles. The second kappa shape index (κ2) is 35.6. The van der Waals surface area contributed by atoms with Gasteiger partial charge in [-0.2, -0.15) is 0 Å². The van der Waals surface area contributed by atoms with Crippen LogP contribution in [0.5, 0.6) is 0 Å². The number of aliphatic hydroxyl groups is 1. The number of nitrogens with two attached hydrogens (primary N) is 4. The molecule has 10 aromatic carbocycles. The van der Waals surface area contributed by atoms with Crippen LogP contribution in [0.1, 0.15) is 72.7 Å². The molecule has 0 radical (unpaired) electrons. The molecule has 2 fully saturated rings. The number of anilines is 6. The van der Waals surface area contributed by atoms with E-state index >= 15 is 0 Å². The molecule has 0 spiro atoms. The molecule has 2 saturated heterocycles. The molecule has 24 heteroatoms. The number of hydrogen-bond donors (Lipinski definition) is 9. The Morgan fingerprint density at radius 3 is 1.16 bits per heavy atom. The van der Waals surface area contributed by atoms with Gasteiger partial charge < -0.3 is 58.9 Å². The third-order valence-corrected chi connectivity index (χ3v) is 19.4. The summed E-state index contributed by atoms with van der Waals surface area (Å²) in [6.45, 7) is 3.55. The normalized spacial score (nSPS) is 13.1. The number of nitrogens with one attached hydrogen (secondary N) is 4. The van der Waals surface area contributed by atoms with E-state index in [0.717, 1.165) is 82.3 Å². The van der Waals surface area contributed by atoms with E-state index in [2.05, 4.69) is 41.2 Å². The number of ether oxygens (including phenoxy) is 1. The number of para-hydroxylation sites is 1. The fourth-order valence-corrected chi connectivity index (χ4v) is 13.4. The largest absolute Gasteiger partial charge is 0.392 e. The number of carbonyl (C=O) groups is 5. The number of likely N-dealkylation sites (tertiary alicyclic amines) is 1. The highest BCUT2D eigenvalue weighted by molar-refractivity contribution is 6.16. The average Bonchev–Trinajstić information content (AvgIpc) is 0.952. The first-order valence-corrected chi connectivity index (χ1v) is 36.4. The number of rotatable bonds is 16. The van der Waals surface area contributed by atoms with Crippen molar-refractivity contribution in [2.24, 2.45) is 5.92 Å². The summed E-state index contributed by atoms with van der Waals surface area (Å²) in [5.74, 6) is -0.556. The molecule has 2 aliphatic rings. The number of halogens is 4. The van der Waals surface area contributed by atoms with Crippen molar-refractivity contribution in [3.8, 4) is 44.5 Å². The number of pyridine rings is 4. The number of amides is 5. The smallest absolute Gasteiger partial charge is 0.257 e. The molecule has 20 nitrogen and oxygen atoms in total. The lowest BCUT2D eigenvalue weighted by atomic mass is 9.99. The summed E-state index contributed by atoms with van der Waals surface area (Å²) in [4.78, 5) is 81.2. The second-order valence-electron chi connectivity index (χ2n) is 27.0. The molecule has 14 aromatic rings. The van der Waals surface area contributed by atoms with Crippen LogP contribution in [0.4, 0.5) is 52.2 Å². The highest BCUT2D eigenvalue weighted by atomic mass is 19.1. The van der Waals surface area contributed by atoms with E-state index in [1.807, 2.05) is 103 Å². The van der Waals surface area contributed by atoms with E-state index < -0.39 is 0 Å². The summed E-state index contributed by atoms with van der Waals surface area (Å²) in [6.07, 6.45) is 9.34. The van der Waals surface area contributed by atoms with Crippen LogP contribution in [0.15, 0.2) is 249 Å². The molecule has 1 unspecified atom stereocenters. The first-order valence-electron chi connectivity index (χ1n) is 36.4. The molecule has 0 bridgehead atoms. The zero-order chi connectivity index (χ0) is 79.1. The maximum absolute atomic E-state index is 13.6. The quantitative estimate of drug-likeness (QED) is 0.0406. The van der Waals surface area contributed by atoms with E-state index in [1.54, 1.807) is 77.7 Å². The number of carbonyl (C=O) groups excluding carboxylic acids is 5. The van der Waals surface area contributed by atoms with Gasteiger partial charge in [0, 0.05) is 103 Å². The number of hydrogen-bond acceptors (Lipinski definition) is 15. The molecular formula is C89H77F4N13O7. The van der Waals surface area contributed by atoms with Crippen LogP contribution < -0.4 is 44.2 Å². The number of aliphatic hydroxyl groups excluding tert-OH is 1. The van der Waals surface area contributed by atoms with Crippen molar-refractivity contribution in [2.45, 2.75) is 32.3 Å². The molecule has 0 saturated carbocycles. The number of benzene rings is 10. The van der Waals surface area contributed by atoms with Gasteiger partial charge in [-0.3, -0.25) is 24.0 Å². The molecule has 0 aliphatic carbocycles. The Morgan fingerprint density at radius 1 is 0.425 bits per heavy atom. The van der Waals surface area contributed by atoms with Crippen molar-refractivity contribution in [3.63, 3.8) is 0 Å². The van der Waals surface area contributed by atoms with Gasteiger partial charge in [-0.15, -0.1) is 0 Å². The zero-order valence-electron chi connectivity index (χ0n) is 61.0. The fourth-order valence-electron chi connectivity index (χ4n) is 13.4. The van der Waals surface area contributed by atoms with Gasteiger partial charge in [0.2, 0.25) is 5.91 Å². The number of piperidine rings is 1. The van der Waals surface area contributed by atoms with Crippen LogP contribution in [0.2, 0.25) is 0 Å². The summed E-state index contributed by atoms with van der Waals surface area (Å²) in [6, 6.07) is 63.2. The number of aromatic nitrogens is 4. The lowest BCUT2D eigenvalue weighted by Gasteiger charge is -2.26. The first-order chi connectivity index (χ1) is 54.8. The predicted molar refractivity (Wildman–Crippen MR) is 435 cm³/mol. The lowest BCUT2D eigenvalue weighted by Crippen LogP contribution is -2.41. The highest BCUT2D eigenvalue weighted by Crippen LogP contribution is 2.35. The Morgan fingerprint density at radius 2 is 0.796 bits per heavy atom. The van der Waals surface area contributed by atoms with Crippen molar-refractivity contribution < 1.29 is 51.4 Å². The average molecular weight is 1520 g/mol. The number of nitrogens with zero attached hydrogens (tertiary/aromatic N) is 5. The number of fused-ring (bicyclic) bond motifs is 4. The van der Waals surface area contributed by atoms with Gasteiger partial charge >= 0.3 is 0 Å². The highest BCUT2D eigenvalue weighted by Gasteiger charge is 2.23. The van der Waals surface area contributed by atoms with Crippen molar-refractivity contribution in [3.05, 3.63) is 300 Å². The SMILES string of the molecule is Nc1ncc(C(=O)NCC2CCOC2)c2ccc(-c3cccc(F)c3)cc12.Nc1ncc(C(=O)NCCN2CCCCC2=O)c2ccc(-c3cccc(F)c3)cc12.Nc1ncc(C(=O)Nc2ccc(CO)cc2)c2ccc(-c3cccc(F)c3)cc12.Nc1ncc(C(=O)Nc2ccccc2)c2ccc(-c3cccc(F)c3)cc12. The fraction of sp³-hybridized carbons (Fsp3) is 0.135. The molecule has 13 N–H and O–H groups in total. The summed E-state index contributed by atoms with van der Waals surface area (Å²) >= 11 is 0. The van der Waals surface area contributed by atoms with Crippen molar-refractivity contribution in [2.75, 3.05) is 73.0 Å². The minimum Gasteiger partial charge on any atom is -0.392 e. The number of nitrogen functional groups attached to an aromatic ring is 4. The van der Waals surface area contributed by atoms with Crippen LogP contribution in [0.25, 0.3) is 87.6 Å².